The maximum absolute atomic E-state index is 12.7. The predicted octanol–water partition coefficient (Wildman–Crippen LogP) is 2.72. The number of carbonyl (C=O) groups excluding carboxylic acids is 1. The molecule has 1 amide bonds. The number of amides is 1. The Bertz CT molecular complexity index is 1120. The van der Waals surface area contributed by atoms with Gasteiger partial charge in [-0.3, -0.25) is 14.2 Å². The highest BCUT2D eigenvalue weighted by atomic mass is 32.1. The van der Waals surface area contributed by atoms with Crippen LogP contribution in [0.25, 0.3) is 10.2 Å². The number of hydrogen-bond acceptors (Lipinski definition) is 6. The number of rotatable bonds is 4. The average Bonchev–Trinajstić information content (AvgIpc) is 2.98. The van der Waals surface area contributed by atoms with Gasteiger partial charge in [0.1, 0.15) is 24.6 Å². The number of aromatic nitrogens is 2. The molecular weight excluding hydrogens is 378 g/mol. The lowest BCUT2D eigenvalue weighted by Gasteiger charge is -2.21. The number of nitrogens with one attached hydrogen (secondary N) is 1. The van der Waals surface area contributed by atoms with Crippen molar-refractivity contribution in [1.29, 1.82) is 0 Å². The van der Waals surface area contributed by atoms with Gasteiger partial charge in [0.25, 0.3) is 5.56 Å². The molecule has 8 heteroatoms. The van der Waals surface area contributed by atoms with Gasteiger partial charge in [0.05, 0.1) is 17.8 Å². The summed E-state index contributed by atoms with van der Waals surface area (Å²) in [7, 11) is 0. The van der Waals surface area contributed by atoms with Crippen molar-refractivity contribution in [2.45, 2.75) is 33.4 Å². The molecule has 2 aromatic heterocycles. The highest BCUT2D eigenvalue weighted by molar-refractivity contribution is 7.18. The van der Waals surface area contributed by atoms with Crippen molar-refractivity contribution in [2.75, 3.05) is 13.2 Å². The maximum atomic E-state index is 12.7. The van der Waals surface area contributed by atoms with Crippen molar-refractivity contribution in [3.05, 3.63) is 50.9 Å². The Morgan fingerprint density at radius 2 is 2.04 bits per heavy atom. The Balaban J connectivity index is 1.50. The minimum Gasteiger partial charge on any atom is -0.486 e. The molecule has 0 saturated heterocycles. The maximum Gasteiger partial charge on any atom is 0.262 e. The fourth-order valence-electron chi connectivity index (χ4n) is 3.24. The van der Waals surface area contributed by atoms with E-state index in [4.69, 9.17) is 9.47 Å². The van der Waals surface area contributed by atoms with Crippen LogP contribution in [-0.2, 0) is 11.3 Å². The van der Waals surface area contributed by atoms with Crippen molar-refractivity contribution in [3.63, 3.8) is 0 Å². The molecule has 0 saturated carbocycles. The fourth-order valence-corrected chi connectivity index (χ4v) is 4.22. The molecule has 3 heterocycles. The van der Waals surface area contributed by atoms with Gasteiger partial charge in [0.15, 0.2) is 11.5 Å². The SMILES string of the molecule is Cc1sc2ncn(CC(=O)N[C@H](C)c3ccc4c(c3)OCCO4)c(=O)c2c1C. The van der Waals surface area contributed by atoms with Gasteiger partial charge in [-0.2, -0.15) is 0 Å². The summed E-state index contributed by atoms with van der Waals surface area (Å²) in [6.07, 6.45) is 1.44. The Kier molecular flexibility index (Phi) is 4.80. The molecule has 1 N–H and O–H groups in total. The van der Waals surface area contributed by atoms with Gasteiger partial charge in [-0.1, -0.05) is 6.07 Å². The molecular formula is C20H21N3O4S. The summed E-state index contributed by atoms with van der Waals surface area (Å²) in [5, 5.41) is 3.52. The van der Waals surface area contributed by atoms with E-state index >= 15 is 0 Å². The van der Waals surface area contributed by atoms with E-state index in [1.807, 2.05) is 39.0 Å². The third kappa shape index (κ3) is 3.35. The van der Waals surface area contributed by atoms with Crippen LogP contribution in [0.1, 0.15) is 29.0 Å². The average molecular weight is 399 g/mol. The molecule has 1 atom stereocenters. The van der Waals surface area contributed by atoms with Crippen molar-refractivity contribution in [1.82, 2.24) is 14.9 Å². The van der Waals surface area contributed by atoms with Crippen LogP contribution in [-0.4, -0.2) is 28.7 Å². The molecule has 4 rings (SSSR count). The normalized spacial score (nSPS) is 14.1. The lowest BCUT2D eigenvalue weighted by atomic mass is 10.1. The second-order valence-electron chi connectivity index (χ2n) is 6.83. The molecule has 0 radical (unpaired) electrons. The molecule has 0 aliphatic carbocycles. The number of benzene rings is 1. The van der Waals surface area contributed by atoms with Crippen molar-refractivity contribution < 1.29 is 14.3 Å². The van der Waals surface area contributed by atoms with E-state index in [0.29, 0.717) is 34.9 Å². The number of ether oxygens (including phenoxy) is 2. The third-order valence-electron chi connectivity index (χ3n) is 4.91. The zero-order chi connectivity index (χ0) is 19.8. The third-order valence-corrected chi connectivity index (χ3v) is 6.03. The highest BCUT2D eigenvalue weighted by Crippen LogP contribution is 2.32. The van der Waals surface area contributed by atoms with Crippen LogP contribution in [0.3, 0.4) is 0 Å². The van der Waals surface area contributed by atoms with Crippen LogP contribution < -0.4 is 20.3 Å². The molecule has 1 aliphatic rings. The minimum atomic E-state index is -0.254. The summed E-state index contributed by atoms with van der Waals surface area (Å²) in [4.78, 5) is 31.4. The minimum absolute atomic E-state index is 0.0784. The summed E-state index contributed by atoms with van der Waals surface area (Å²) in [5.41, 5.74) is 1.65. The molecule has 0 spiro atoms. The van der Waals surface area contributed by atoms with Crippen LogP contribution in [0, 0.1) is 13.8 Å². The number of aryl methyl sites for hydroxylation is 2. The van der Waals surface area contributed by atoms with E-state index in [1.165, 1.54) is 22.2 Å². The zero-order valence-electron chi connectivity index (χ0n) is 15.9. The Morgan fingerprint density at radius 1 is 1.29 bits per heavy atom. The molecule has 0 fully saturated rings. The lowest BCUT2D eigenvalue weighted by Crippen LogP contribution is -2.34. The molecule has 28 heavy (non-hydrogen) atoms. The molecule has 7 nitrogen and oxygen atoms in total. The van der Waals surface area contributed by atoms with E-state index < -0.39 is 0 Å². The summed E-state index contributed by atoms with van der Waals surface area (Å²) in [6.45, 7) is 6.73. The van der Waals surface area contributed by atoms with Gasteiger partial charge in [-0.25, -0.2) is 4.98 Å². The number of nitrogens with zero attached hydrogens (tertiary/aromatic N) is 2. The van der Waals surface area contributed by atoms with Crippen molar-refractivity contribution in [2.24, 2.45) is 0 Å². The summed E-state index contributed by atoms with van der Waals surface area (Å²) in [5.74, 6) is 1.13. The van der Waals surface area contributed by atoms with Crippen LogP contribution >= 0.6 is 11.3 Å². The topological polar surface area (TPSA) is 82.5 Å². The van der Waals surface area contributed by atoms with E-state index in [9.17, 15) is 9.59 Å². The summed E-state index contributed by atoms with van der Waals surface area (Å²) < 4.78 is 12.5. The molecule has 1 aromatic carbocycles. The van der Waals surface area contributed by atoms with Crippen LogP contribution in [0.2, 0.25) is 0 Å². The smallest absolute Gasteiger partial charge is 0.262 e. The van der Waals surface area contributed by atoms with Gasteiger partial charge in [-0.05, 0) is 44.0 Å². The second-order valence-corrected chi connectivity index (χ2v) is 8.04. The lowest BCUT2D eigenvalue weighted by molar-refractivity contribution is -0.122. The van der Waals surface area contributed by atoms with E-state index in [2.05, 4.69) is 10.3 Å². The monoisotopic (exact) mass is 399 g/mol. The van der Waals surface area contributed by atoms with Gasteiger partial charge in [0.2, 0.25) is 5.91 Å². The largest absolute Gasteiger partial charge is 0.486 e. The van der Waals surface area contributed by atoms with E-state index in [1.54, 1.807) is 0 Å². The first kappa shape index (κ1) is 18.5. The van der Waals surface area contributed by atoms with Crippen LogP contribution in [0.15, 0.2) is 29.3 Å². The standard InChI is InChI=1S/C20H21N3O4S/c1-11-13(3)28-19-18(11)20(25)23(10-21-19)9-17(24)22-12(2)14-4-5-15-16(8-14)27-7-6-26-15/h4-5,8,10,12H,6-7,9H2,1-3H3,(H,22,24)/t12-/m1/s1. The Labute approximate surface area is 165 Å². The first-order valence-electron chi connectivity index (χ1n) is 9.08. The number of hydrogen-bond donors (Lipinski definition) is 1. The summed E-state index contributed by atoms with van der Waals surface area (Å²) >= 11 is 1.49. The number of thiophene rings is 1. The first-order chi connectivity index (χ1) is 13.4. The molecule has 3 aromatic rings. The van der Waals surface area contributed by atoms with Crippen molar-refractivity contribution in [3.8, 4) is 11.5 Å². The quantitative estimate of drug-likeness (QED) is 0.729. The first-order valence-corrected chi connectivity index (χ1v) is 9.89. The predicted molar refractivity (Wildman–Crippen MR) is 107 cm³/mol. The van der Waals surface area contributed by atoms with Crippen LogP contribution in [0.4, 0.5) is 0 Å². The van der Waals surface area contributed by atoms with Gasteiger partial charge in [-0.15, -0.1) is 11.3 Å². The highest BCUT2D eigenvalue weighted by Gasteiger charge is 2.17. The zero-order valence-corrected chi connectivity index (χ0v) is 16.8. The summed E-state index contributed by atoms with van der Waals surface area (Å²) in [6, 6.07) is 5.38. The molecule has 0 bridgehead atoms. The number of carbonyl (C=O) groups is 1. The van der Waals surface area contributed by atoms with Crippen molar-refractivity contribution >= 4 is 27.5 Å². The van der Waals surface area contributed by atoms with E-state index in [-0.39, 0.29) is 24.1 Å². The molecule has 0 unspecified atom stereocenters. The van der Waals surface area contributed by atoms with Gasteiger partial charge < -0.3 is 14.8 Å². The van der Waals surface area contributed by atoms with Gasteiger partial charge in [0, 0.05) is 4.88 Å². The number of fused-ring (bicyclic) bond motifs is 2. The second kappa shape index (κ2) is 7.27. The fraction of sp³-hybridized carbons (Fsp3) is 0.350. The van der Waals surface area contributed by atoms with Gasteiger partial charge >= 0.3 is 0 Å². The Morgan fingerprint density at radius 3 is 2.82 bits per heavy atom. The molecule has 1 aliphatic heterocycles. The molecule has 146 valence electrons. The van der Waals surface area contributed by atoms with E-state index in [0.717, 1.165) is 16.0 Å². The Hall–Kier alpha value is -2.87. The van der Waals surface area contributed by atoms with Crippen LogP contribution in [0.5, 0.6) is 11.5 Å².